The Morgan fingerprint density at radius 3 is 2.27 bits per heavy atom. The Balaban J connectivity index is 2.77. The number of nitrogens with one attached hydrogen (secondary N) is 1. The van der Waals surface area contributed by atoms with Gasteiger partial charge in [-0.25, -0.2) is 8.42 Å². The number of amides is 1. The first-order chi connectivity index (χ1) is 6.87. The smallest absolute Gasteiger partial charge is 0.229 e. The number of nitrogens with two attached hydrogens (primary N) is 1. The SMILES string of the molecule is CS(=O)(=O)Nc1ccc([CH]C(N)=O)cc1. The van der Waals surface area contributed by atoms with Gasteiger partial charge in [0.2, 0.25) is 15.9 Å². The van der Waals surface area contributed by atoms with Gasteiger partial charge in [-0.2, -0.15) is 0 Å². The van der Waals surface area contributed by atoms with Gasteiger partial charge in [0.15, 0.2) is 0 Å². The van der Waals surface area contributed by atoms with Crippen LogP contribution in [0.25, 0.3) is 0 Å². The summed E-state index contributed by atoms with van der Waals surface area (Å²) in [6, 6.07) is 6.29. The molecule has 81 valence electrons. The molecule has 15 heavy (non-hydrogen) atoms. The molecule has 0 aromatic heterocycles. The van der Waals surface area contributed by atoms with E-state index in [9.17, 15) is 13.2 Å². The van der Waals surface area contributed by atoms with Crippen LogP contribution in [0.1, 0.15) is 5.56 Å². The highest BCUT2D eigenvalue weighted by atomic mass is 32.2. The van der Waals surface area contributed by atoms with Crippen molar-refractivity contribution in [1.82, 2.24) is 0 Å². The first-order valence-corrected chi connectivity index (χ1v) is 5.98. The van der Waals surface area contributed by atoms with Crippen molar-refractivity contribution in [2.75, 3.05) is 11.0 Å². The fourth-order valence-corrected chi connectivity index (χ4v) is 1.59. The van der Waals surface area contributed by atoms with Gasteiger partial charge in [0.05, 0.1) is 12.7 Å². The standard InChI is InChI=1S/C9H11N2O3S/c1-15(13,14)11-8-4-2-7(3-5-8)6-9(10)12/h2-6,11H,1H3,(H2,10,12). The Hall–Kier alpha value is -1.56. The van der Waals surface area contributed by atoms with E-state index in [2.05, 4.69) is 4.72 Å². The maximum absolute atomic E-state index is 10.9. The monoisotopic (exact) mass is 227 g/mol. The van der Waals surface area contributed by atoms with Gasteiger partial charge in [0, 0.05) is 5.69 Å². The van der Waals surface area contributed by atoms with E-state index >= 15 is 0 Å². The van der Waals surface area contributed by atoms with Crippen LogP contribution < -0.4 is 10.5 Å². The summed E-state index contributed by atoms with van der Waals surface area (Å²) in [6.45, 7) is 0. The summed E-state index contributed by atoms with van der Waals surface area (Å²) in [7, 11) is -3.26. The molecular formula is C9H11N2O3S. The van der Waals surface area contributed by atoms with Crippen molar-refractivity contribution >= 4 is 21.6 Å². The molecule has 0 heterocycles. The van der Waals surface area contributed by atoms with E-state index < -0.39 is 15.9 Å². The molecule has 1 rings (SSSR count). The number of rotatable bonds is 4. The average molecular weight is 227 g/mol. The van der Waals surface area contributed by atoms with Crippen LogP contribution in [-0.4, -0.2) is 20.6 Å². The quantitative estimate of drug-likeness (QED) is 0.764. The topological polar surface area (TPSA) is 89.3 Å². The minimum Gasteiger partial charge on any atom is -0.369 e. The van der Waals surface area contributed by atoms with Crippen LogP contribution >= 0.6 is 0 Å². The van der Waals surface area contributed by atoms with Gasteiger partial charge in [-0.3, -0.25) is 9.52 Å². The predicted molar refractivity (Wildman–Crippen MR) is 57.5 cm³/mol. The first-order valence-electron chi connectivity index (χ1n) is 4.09. The third kappa shape index (κ3) is 4.46. The van der Waals surface area contributed by atoms with Crippen molar-refractivity contribution in [3.8, 4) is 0 Å². The maximum Gasteiger partial charge on any atom is 0.229 e. The van der Waals surface area contributed by atoms with E-state index in [-0.39, 0.29) is 0 Å². The zero-order valence-electron chi connectivity index (χ0n) is 8.10. The van der Waals surface area contributed by atoms with Crippen molar-refractivity contribution in [3.63, 3.8) is 0 Å². The highest BCUT2D eigenvalue weighted by molar-refractivity contribution is 7.92. The first kappa shape index (κ1) is 11.5. The van der Waals surface area contributed by atoms with Crippen molar-refractivity contribution in [2.45, 2.75) is 0 Å². The molecule has 0 aliphatic heterocycles. The summed E-state index contributed by atoms with van der Waals surface area (Å²) in [5.74, 6) is -0.543. The Bertz CT molecular complexity index is 451. The Labute approximate surface area is 88.3 Å². The Morgan fingerprint density at radius 1 is 1.33 bits per heavy atom. The van der Waals surface area contributed by atoms with E-state index in [0.29, 0.717) is 11.3 Å². The summed E-state index contributed by atoms with van der Waals surface area (Å²) < 4.78 is 24.0. The third-order valence-corrected chi connectivity index (χ3v) is 2.13. The van der Waals surface area contributed by atoms with Crippen LogP contribution in [0.2, 0.25) is 0 Å². The number of hydrogen-bond donors (Lipinski definition) is 2. The number of anilines is 1. The minimum atomic E-state index is -3.26. The van der Waals surface area contributed by atoms with Crippen molar-refractivity contribution in [1.29, 1.82) is 0 Å². The number of hydrogen-bond acceptors (Lipinski definition) is 3. The lowest BCUT2D eigenvalue weighted by Gasteiger charge is -2.04. The second-order valence-corrected chi connectivity index (χ2v) is 4.79. The van der Waals surface area contributed by atoms with E-state index in [4.69, 9.17) is 5.73 Å². The van der Waals surface area contributed by atoms with Gasteiger partial charge in [-0.15, -0.1) is 0 Å². The molecule has 0 aliphatic carbocycles. The van der Waals surface area contributed by atoms with Crippen molar-refractivity contribution < 1.29 is 13.2 Å². The molecule has 3 N–H and O–H groups in total. The molecule has 1 aromatic rings. The van der Waals surface area contributed by atoms with E-state index in [1.54, 1.807) is 24.3 Å². The molecule has 0 saturated heterocycles. The second kappa shape index (κ2) is 4.31. The molecular weight excluding hydrogens is 216 g/mol. The van der Waals surface area contributed by atoms with Gasteiger partial charge < -0.3 is 5.73 Å². The minimum absolute atomic E-state index is 0.444. The van der Waals surface area contributed by atoms with Gasteiger partial charge in [-0.1, -0.05) is 12.1 Å². The molecule has 5 nitrogen and oxygen atoms in total. The molecule has 6 heteroatoms. The molecule has 0 fully saturated rings. The summed E-state index contributed by atoms with van der Waals surface area (Å²) in [5.41, 5.74) is 6.03. The molecule has 1 amide bonds. The molecule has 1 aromatic carbocycles. The van der Waals surface area contributed by atoms with Gasteiger partial charge >= 0.3 is 0 Å². The summed E-state index contributed by atoms with van der Waals surface area (Å²) in [6.07, 6.45) is 2.32. The Morgan fingerprint density at radius 2 is 1.87 bits per heavy atom. The van der Waals surface area contributed by atoms with Crippen LogP contribution in [0.3, 0.4) is 0 Å². The normalized spacial score (nSPS) is 11.0. The highest BCUT2D eigenvalue weighted by Crippen LogP contribution is 2.11. The summed E-state index contributed by atoms with van der Waals surface area (Å²) >= 11 is 0. The number of primary amides is 1. The highest BCUT2D eigenvalue weighted by Gasteiger charge is 2.02. The fraction of sp³-hybridized carbons (Fsp3) is 0.111. The molecule has 0 bridgehead atoms. The zero-order chi connectivity index (χ0) is 11.5. The average Bonchev–Trinajstić information content (AvgIpc) is 2.05. The molecule has 1 radical (unpaired) electrons. The predicted octanol–water partition coefficient (Wildman–Crippen LogP) is 0.0958. The molecule has 0 atom stereocenters. The lowest BCUT2D eigenvalue weighted by Crippen LogP contribution is -2.12. The number of carbonyl (C=O) groups is 1. The van der Waals surface area contributed by atoms with Crippen LogP contribution in [0, 0.1) is 6.42 Å². The van der Waals surface area contributed by atoms with Crippen LogP contribution in [-0.2, 0) is 14.8 Å². The van der Waals surface area contributed by atoms with E-state index in [1.165, 1.54) is 6.42 Å². The van der Waals surface area contributed by atoms with Crippen molar-refractivity contribution in [3.05, 3.63) is 36.2 Å². The largest absolute Gasteiger partial charge is 0.369 e. The summed E-state index contributed by atoms with van der Waals surface area (Å²) in [4.78, 5) is 10.5. The van der Waals surface area contributed by atoms with E-state index in [0.717, 1.165) is 6.26 Å². The number of sulfonamides is 1. The van der Waals surface area contributed by atoms with Crippen molar-refractivity contribution in [2.24, 2.45) is 5.73 Å². The summed E-state index contributed by atoms with van der Waals surface area (Å²) in [5, 5.41) is 0. The van der Waals surface area contributed by atoms with E-state index in [1.807, 2.05) is 0 Å². The lowest BCUT2D eigenvalue weighted by molar-refractivity contribution is -0.114. The zero-order valence-corrected chi connectivity index (χ0v) is 8.91. The Kier molecular flexibility index (Phi) is 3.31. The van der Waals surface area contributed by atoms with Gasteiger partial charge in [0.25, 0.3) is 0 Å². The third-order valence-electron chi connectivity index (χ3n) is 1.52. The number of carbonyl (C=O) groups excluding carboxylic acids is 1. The van der Waals surface area contributed by atoms with Gasteiger partial charge in [-0.05, 0) is 17.7 Å². The van der Waals surface area contributed by atoms with Crippen LogP contribution in [0.5, 0.6) is 0 Å². The van der Waals surface area contributed by atoms with Gasteiger partial charge in [0.1, 0.15) is 0 Å². The molecule has 0 spiro atoms. The second-order valence-electron chi connectivity index (χ2n) is 3.04. The van der Waals surface area contributed by atoms with Crippen LogP contribution in [0.4, 0.5) is 5.69 Å². The van der Waals surface area contributed by atoms with Crippen LogP contribution in [0.15, 0.2) is 24.3 Å². The fourth-order valence-electron chi connectivity index (χ4n) is 1.03. The molecule has 0 saturated carbocycles. The lowest BCUT2D eigenvalue weighted by atomic mass is 10.1. The number of benzene rings is 1. The molecule has 0 aliphatic rings. The molecule has 0 unspecified atom stereocenters. The maximum atomic E-state index is 10.9.